The normalized spacial score (nSPS) is 11.9. The van der Waals surface area contributed by atoms with Crippen LogP contribution in [0.2, 0.25) is 0 Å². The van der Waals surface area contributed by atoms with Crippen LogP contribution >= 0.6 is 0 Å². The van der Waals surface area contributed by atoms with Crippen LogP contribution in [0.25, 0.3) is 0 Å². The van der Waals surface area contributed by atoms with Crippen molar-refractivity contribution in [3.63, 3.8) is 0 Å². The molecule has 1 amide bonds. The molecule has 9 heteroatoms. The molecule has 1 rings (SSSR count). The van der Waals surface area contributed by atoms with Gasteiger partial charge in [-0.25, -0.2) is 13.4 Å². The van der Waals surface area contributed by atoms with Gasteiger partial charge in [-0.3, -0.25) is 4.79 Å². The fourth-order valence-corrected chi connectivity index (χ4v) is 2.87. The minimum Gasteiger partial charge on any atom is -0.383 e. The second kappa shape index (κ2) is 7.53. The number of rotatable bonds is 8. The molecule has 0 fully saturated rings. The summed E-state index contributed by atoms with van der Waals surface area (Å²) >= 11 is 0. The number of nitrogens with one attached hydrogen (secondary N) is 1. The van der Waals surface area contributed by atoms with E-state index in [1.54, 1.807) is 14.1 Å². The van der Waals surface area contributed by atoms with Crippen LogP contribution < -0.4 is 0 Å². The van der Waals surface area contributed by atoms with Crippen molar-refractivity contribution in [2.24, 2.45) is 0 Å². The van der Waals surface area contributed by atoms with Gasteiger partial charge in [0, 0.05) is 34.2 Å². The number of aryl methyl sites for hydroxylation is 1. The van der Waals surface area contributed by atoms with E-state index in [1.165, 1.54) is 18.2 Å². The van der Waals surface area contributed by atoms with Gasteiger partial charge < -0.3 is 14.6 Å². The van der Waals surface area contributed by atoms with Gasteiger partial charge >= 0.3 is 0 Å². The molecule has 0 radical (unpaired) electrons. The first kappa shape index (κ1) is 17.6. The number of aromatic amines is 1. The Morgan fingerprint density at radius 2 is 2.10 bits per heavy atom. The Morgan fingerprint density at radius 3 is 2.57 bits per heavy atom. The van der Waals surface area contributed by atoms with Gasteiger partial charge in [0.15, 0.2) is 5.03 Å². The van der Waals surface area contributed by atoms with Crippen LogP contribution in [0.3, 0.4) is 0 Å². The van der Waals surface area contributed by atoms with E-state index < -0.39 is 10.0 Å². The standard InChI is InChI=1S/C12H22N4O4S/c1-5-10-13-8-11(14-10)21(18,19)16(6-7-20-4)9-12(17)15(2)3/h8H,5-7,9H2,1-4H3,(H,13,14). The fraction of sp³-hybridized carbons (Fsp3) is 0.667. The van der Waals surface area contributed by atoms with Crippen molar-refractivity contribution in [3.8, 4) is 0 Å². The number of imidazole rings is 1. The average Bonchev–Trinajstić information content (AvgIpc) is 2.92. The summed E-state index contributed by atoms with van der Waals surface area (Å²) in [4.78, 5) is 19.9. The SMILES string of the molecule is CCc1ncc(S(=O)(=O)N(CCOC)CC(=O)N(C)C)[nH]1. The monoisotopic (exact) mass is 318 g/mol. The van der Waals surface area contributed by atoms with Crippen molar-refractivity contribution >= 4 is 15.9 Å². The van der Waals surface area contributed by atoms with E-state index in [9.17, 15) is 13.2 Å². The number of carbonyl (C=O) groups is 1. The highest BCUT2D eigenvalue weighted by Crippen LogP contribution is 2.13. The number of aromatic nitrogens is 2. The Labute approximate surface area is 125 Å². The first-order valence-electron chi connectivity index (χ1n) is 6.56. The quantitative estimate of drug-likeness (QED) is 0.710. The molecule has 0 aromatic carbocycles. The van der Waals surface area contributed by atoms with Gasteiger partial charge in [-0.2, -0.15) is 4.31 Å². The lowest BCUT2D eigenvalue weighted by Gasteiger charge is -2.22. The molecule has 1 aromatic rings. The fourth-order valence-electron chi connectivity index (χ4n) is 1.56. The summed E-state index contributed by atoms with van der Waals surface area (Å²) in [5.74, 6) is 0.282. The van der Waals surface area contributed by atoms with Crippen LogP contribution in [0, 0.1) is 0 Å². The minimum absolute atomic E-state index is 0.0120. The largest absolute Gasteiger partial charge is 0.383 e. The van der Waals surface area contributed by atoms with Crippen LogP contribution in [0.1, 0.15) is 12.7 Å². The van der Waals surface area contributed by atoms with Gasteiger partial charge in [0.05, 0.1) is 19.3 Å². The molecule has 0 spiro atoms. The molecular weight excluding hydrogens is 296 g/mol. The first-order valence-corrected chi connectivity index (χ1v) is 8.00. The highest BCUT2D eigenvalue weighted by atomic mass is 32.2. The second-order valence-electron chi connectivity index (χ2n) is 4.67. The Kier molecular flexibility index (Phi) is 6.31. The Bertz CT molecular complexity index is 568. The minimum atomic E-state index is -3.80. The maximum atomic E-state index is 12.6. The number of hydrogen-bond acceptors (Lipinski definition) is 5. The number of H-pyrrole nitrogens is 1. The summed E-state index contributed by atoms with van der Waals surface area (Å²) in [6.07, 6.45) is 1.87. The highest BCUT2D eigenvalue weighted by Gasteiger charge is 2.28. The number of nitrogens with zero attached hydrogens (tertiary/aromatic N) is 3. The van der Waals surface area contributed by atoms with Crippen molar-refractivity contribution in [1.29, 1.82) is 0 Å². The summed E-state index contributed by atoms with van der Waals surface area (Å²) in [6.45, 7) is 1.93. The van der Waals surface area contributed by atoms with Gasteiger partial charge in [-0.1, -0.05) is 6.92 Å². The number of hydrogen-bond donors (Lipinski definition) is 1. The van der Waals surface area contributed by atoms with E-state index in [4.69, 9.17) is 4.74 Å². The maximum Gasteiger partial charge on any atom is 0.260 e. The summed E-state index contributed by atoms with van der Waals surface area (Å²) < 4.78 is 31.1. The number of amides is 1. The molecule has 1 N–H and O–H groups in total. The second-order valence-corrected chi connectivity index (χ2v) is 6.57. The van der Waals surface area contributed by atoms with Crippen molar-refractivity contribution in [2.45, 2.75) is 18.4 Å². The van der Waals surface area contributed by atoms with Gasteiger partial charge in [-0.05, 0) is 0 Å². The molecule has 0 unspecified atom stereocenters. The van der Waals surface area contributed by atoms with Gasteiger partial charge in [0.25, 0.3) is 10.0 Å². The van der Waals surface area contributed by atoms with Crippen LogP contribution in [0.4, 0.5) is 0 Å². The number of likely N-dealkylation sites (N-methyl/N-ethyl adjacent to an activating group) is 1. The zero-order chi connectivity index (χ0) is 16.0. The predicted molar refractivity (Wildman–Crippen MR) is 77.3 cm³/mol. The molecule has 0 aliphatic rings. The van der Waals surface area contributed by atoms with Crippen molar-refractivity contribution in [1.82, 2.24) is 19.2 Å². The maximum absolute atomic E-state index is 12.6. The number of sulfonamides is 1. The van der Waals surface area contributed by atoms with E-state index in [-0.39, 0.29) is 30.6 Å². The van der Waals surface area contributed by atoms with Gasteiger partial charge in [0.2, 0.25) is 5.91 Å². The lowest BCUT2D eigenvalue weighted by atomic mass is 10.5. The van der Waals surface area contributed by atoms with Crippen LogP contribution in [-0.2, 0) is 26.0 Å². The molecule has 0 saturated heterocycles. The molecule has 0 bridgehead atoms. The van der Waals surface area contributed by atoms with E-state index in [2.05, 4.69) is 9.97 Å². The lowest BCUT2D eigenvalue weighted by molar-refractivity contribution is -0.128. The lowest BCUT2D eigenvalue weighted by Crippen LogP contribution is -2.41. The van der Waals surface area contributed by atoms with E-state index in [0.29, 0.717) is 12.2 Å². The third-order valence-electron chi connectivity index (χ3n) is 2.91. The molecule has 120 valence electrons. The topological polar surface area (TPSA) is 95.6 Å². The molecular formula is C12H22N4O4S. The number of ether oxygens (including phenoxy) is 1. The molecule has 1 heterocycles. The smallest absolute Gasteiger partial charge is 0.260 e. The summed E-state index contributed by atoms with van der Waals surface area (Å²) in [5, 5.41) is -0.0120. The van der Waals surface area contributed by atoms with Crippen molar-refractivity contribution in [3.05, 3.63) is 12.0 Å². The number of methoxy groups -OCH3 is 1. The third-order valence-corrected chi connectivity index (χ3v) is 4.67. The van der Waals surface area contributed by atoms with Crippen molar-refractivity contribution in [2.75, 3.05) is 40.9 Å². The van der Waals surface area contributed by atoms with E-state index in [0.717, 1.165) is 4.31 Å². The first-order chi connectivity index (χ1) is 9.82. The van der Waals surface area contributed by atoms with Crippen LogP contribution in [0.5, 0.6) is 0 Å². The molecule has 1 aromatic heterocycles. The summed E-state index contributed by atoms with van der Waals surface area (Å²) in [7, 11) is 0.829. The molecule has 0 aliphatic heterocycles. The zero-order valence-corrected chi connectivity index (χ0v) is 13.6. The third kappa shape index (κ3) is 4.51. The van der Waals surface area contributed by atoms with E-state index >= 15 is 0 Å². The molecule has 21 heavy (non-hydrogen) atoms. The van der Waals surface area contributed by atoms with Gasteiger partial charge in [0.1, 0.15) is 5.82 Å². The Hall–Kier alpha value is -1.45. The average molecular weight is 318 g/mol. The van der Waals surface area contributed by atoms with Crippen LogP contribution in [-0.4, -0.2) is 74.4 Å². The van der Waals surface area contributed by atoms with Crippen LogP contribution in [0.15, 0.2) is 11.2 Å². The molecule has 0 atom stereocenters. The Balaban J connectivity index is 3.01. The number of carbonyl (C=O) groups excluding carboxylic acids is 1. The predicted octanol–water partition coefficient (Wildman–Crippen LogP) is -0.303. The molecule has 8 nitrogen and oxygen atoms in total. The van der Waals surface area contributed by atoms with E-state index in [1.807, 2.05) is 6.92 Å². The molecule has 0 aliphatic carbocycles. The highest BCUT2D eigenvalue weighted by molar-refractivity contribution is 7.89. The molecule has 0 saturated carbocycles. The summed E-state index contributed by atoms with van der Waals surface area (Å²) in [5.41, 5.74) is 0. The van der Waals surface area contributed by atoms with Crippen molar-refractivity contribution < 1.29 is 17.9 Å². The summed E-state index contributed by atoms with van der Waals surface area (Å²) in [6, 6.07) is 0. The zero-order valence-electron chi connectivity index (χ0n) is 12.8. The van der Waals surface area contributed by atoms with Gasteiger partial charge in [-0.15, -0.1) is 0 Å². The Morgan fingerprint density at radius 1 is 1.43 bits per heavy atom.